The minimum Gasteiger partial charge on any atom is -0.393 e. The number of rotatable bonds is 5. The Kier molecular flexibility index (Phi) is 5.98. The number of carbonyl (C=O) groups excluding carboxylic acids is 2. The van der Waals surface area contributed by atoms with E-state index in [0.29, 0.717) is 12.1 Å². The molecule has 6 heteroatoms. The van der Waals surface area contributed by atoms with Gasteiger partial charge >= 0.3 is 11.9 Å². The largest absolute Gasteiger partial charge is 0.393 e. The molecule has 4 atom stereocenters. The van der Waals surface area contributed by atoms with Crippen LogP contribution in [0.3, 0.4) is 0 Å². The van der Waals surface area contributed by atoms with E-state index < -0.39 is 35.6 Å². The van der Waals surface area contributed by atoms with Crippen molar-refractivity contribution in [1.29, 1.82) is 0 Å². The van der Waals surface area contributed by atoms with Gasteiger partial charge in [-0.15, -0.1) is 0 Å². The smallest absolute Gasteiger partial charge is 0.320 e. The van der Waals surface area contributed by atoms with Crippen LogP contribution in [0, 0.1) is 5.92 Å². The molecule has 4 unspecified atom stereocenters. The van der Waals surface area contributed by atoms with Crippen LogP contribution in [0.15, 0.2) is 42.1 Å². The van der Waals surface area contributed by atoms with Crippen LogP contribution in [0.5, 0.6) is 0 Å². The van der Waals surface area contributed by atoms with Crippen LogP contribution < -0.4 is 5.32 Å². The SMILES string of the molecule is CCC(O)NC1=CCC(C)(O)C(C(=O)OC(C)=O)C1c1ccccc1. The first kappa shape index (κ1) is 19.1. The molecule has 2 rings (SSSR count). The zero-order valence-electron chi connectivity index (χ0n) is 14.7. The maximum atomic E-state index is 12.6. The minimum absolute atomic E-state index is 0.201. The molecule has 0 saturated carbocycles. The molecule has 1 aromatic rings. The molecular weight excluding hydrogens is 322 g/mol. The second kappa shape index (κ2) is 7.80. The predicted molar refractivity (Wildman–Crippen MR) is 92.2 cm³/mol. The summed E-state index contributed by atoms with van der Waals surface area (Å²) in [6.07, 6.45) is 1.70. The van der Waals surface area contributed by atoms with E-state index in [0.717, 1.165) is 12.5 Å². The lowest BCUT2D eigenvalue weighted by Crippen LogP contribution is -2.49. The lowest BCUT2D eigenvalue weighted by Gasteiger charge is -2.41. The number of nitrogens with one attached hydrogen (secondary N) is 1. The van der Waals surface area contributed by atoms with Gasteiger partial charge in [0, 0.05) is 18.5 Å². The van der Waals surface area contributed by atoms with E-state index in [-0.39, 0.29) is 6.42 Å². The highest BCUT2D eigenvalue weighted by molar-refractivity contribution is 5.87. The van der Waals surface area contributed by atoms with E-state index in [9.17, 15) is 19.8 Å². The molecule has 3 N–H and O–H groups in total. The number of esters is 2. The summed E-state index contributed by atoms with van der Waals surface area (Å²) in [6.45, 7) is 4.54. The summed E-state index contributed by atoms with van der Waals surface area (Å²) in [4.78, 5) is 23.8. The predicted octanol–water partition coefficient (Wildman–Crippen LogP) is 1.83. The third kappa shape index (κ3) is 4.46. The second-order valence-corrected chi connectivity index (χ2v) is 6.57. The number of ether oxygens (including phenoxy) is 1. The van der Waals surface area contributed by atoms with E-state index in [1.54, 1.807) is 13.0 Å². The Morgan fingerprint density at radius 3 is 2.56 bits per heavy atom. The monoisotopic (exact) mass is 347 g/mol. The van der Waals surface area contributed by atoms with Crippen LogP contribution >= 0.6 is 0 Å². The number of benzene rings is 1. The van der Waals surface area contributed by atoms with Crippen LogP contribution in [0.25, 0.3) is 0 Å². The van der Waals surface area contributed by atoms with Crippen molar-refractivity contribution < 1.29 is 24.5 Å². The van der Waals surface area contributed by atoms with E-state index >= 15 is 0 Å². The summed E-state index contributed by atoms with van der Waals surface area (Å²) in [7, 11) is 0. The molecular formula is C19H25NO5. The fraction of sp³-hybridized carbons (Fsp3) is 0.474. The van der Waals surface area contributed by atoms with Gasteiger partial charge < -0.3 is 20.3 Å². The molecule has 0 bridgehead atoms. The van der Waals surface area contributed by atoms with Crippen LogP contribution in [-0.4, -0.2) is 34.0 Å². The maximum absolute atomic E-state index is 12.6. The summed E-state index contributed by atoms with van der Waals surface area (Å²) in [5.74, 6) is -3.02. The van der Waals surface area contributed by atoms with Crippen LogP contribution in [0.1, 0.15) is 45.1 Å². The molecule has 1 aliphatic carbocycles. The molecule has 0 radical (unpaired) electrons. The number of aliphatic hydroxyl groups is 2. The van der Waals surface area contributed by atoms with Crippen LogP contribution in [0.2, 0.25) is 0 Å². The summed E-state index contributed by atoms with van der Waals surface area (Å²) in [5, 5.41) is 23.8. The van der Waals surface area contributed by atoms with Crippen molar-refractivity contribution in [1.82, 2.24) is 5.32 Å². The van der Waals surface area contributed by atoms with Crippen molar-refractivity contribution in [3.05, 3.63) is 47.7 Å². The lowest BCUT2D eigenvalue weighted by molar-refractivity contribution is -0.168. The molecule has 0 aliphatic heterocycles. The topological polar surface area (TPSA) is 95.9 Å². The van der Waals surface area contributed by atoms with Gasteiger partial charge in [0.2, 0.25) is 0 Å². The van der Waals surface area contributed by atoms with Gasteiger partial charge in [-0.1, -0.05) is 43.3 Å². The van der Waals surface area contributed by atoms with Gasteiger partial charge in [-0.25, -0.2) is 0 Å². The Hall–Kier alpha value is -2.18. The van der Waals surface area contributed by atoms with Gasteiger partial charge in [0.05, 0.1) is 11.5 Å². The second-order valence-electron chi connectivity index (χ2n) is 6.57. The fourth-order valence-corrected chi connectivity index (χ4v) is 3.18. The number of aliphatic hydroxyl groups excluding tert-OH is 1. The molecule has 6 nitrogen and oxygen atoms in total. The van der Waals surface area contributed by atoms with Crippen molar-refractivity contribution in [2.45, 2.75) is 51.4 Å². The Morgan fingerprint density at radius 2 is 2.00 bits per heavy atom. The summed E-state index contributed by atoms with van der Waals surface area (Å²) < 4.78 is 4.80. The molecule has 25 heavy (non-hydrogen) atoms. The lowest BCUT2D eigenvalue weighted by atomic mass is 9.69. The number of hydrogen-bond donors (Lipinski definition) is 3. The molecule has 0 spiro atoms. The normalized spacial score (nSPS) is 27.2. The van der Waals surface area contributed by atoms with E-state index in [1.807, 2.05) is 37.3 Å². The Morgan fingerprint density at radius 1 is 1.36 bits per heavy atom. The molecule has 136 valence electrons. The van der Waals surface area contributed by atoms with Gasteiger partial charge in [-0.05, 0) is 25.3 Å². The van der Waals surface area contributed by atoms with Crippen molar-refractivity contribution >= 4 is 11.9 Å². The average molecular weight is 347 g/mol. The summed E-state index contributed by atoms with van der Waals surface area (Å²) in [6, 6.07) is 9.20. The number of allylic oxidation sites excluding steroid dienone is 1. The van der Waals surface area contributed by atoms with Crippen molar-refractivity contribution in [3.63, 3.8) is 0 Å². The van der Waals surface area contributed by atoms with Crippen LogP contribution in [-0.2, 0) is 14.3 Å². The third-order valence-corrected chi connectivity index (χ3v) is 4.45. The van der Waals surface area contributed by atoms with E-state index in [4.69, 9.17) is 4.74 Å². The number of hydrogen-bond acceptors (Lipinski definition) is 6. The average Bonchev–Trinajstić information content (AvgIpc) is 2.55. The van der Waals surface area contributed by atoms with Gasteiger partial charge in [-0.2, -0.15) is 0 Å². The molecule has 1 aliphatic rings. The Labute approximate surface area is 147 Å². The summed E-state index contributed by atoms with van der Waals surface area (Å²) >= 11 is 0. The number of carbonyl (C=O) groups is 2. The van der Waals surface area contributed by atoms with Gasteiger partial charge in [0.15, 0.2) is 0 Å². The quantitative estimate of drug-likeness (QED) is 0.427. The first-order valence-corrected chi connectivity index (χ1v) is 8.40. The molecule has 1 aromatic carbocycles. The highest BCUT2D eigenvalue weighted by atomic mass is 16.6. The fourth-order valence-electron chi connectivity index (χ4n) is 3.18. The highest BCUT2D eigenvalue weighted by Crippen LogP contribution is 2.44. The van der Waals surface area contributed by atoms with Gasteiger partial charge in [0.1, 0.15) is 6.23 Å². The molecule has 0 heterocycles. The molecule has 0 saturated heterocycles. The Balaban J connectivity index is 2.49. The minimum atomic E-state index is -1.38. The maximum Gasteiger partial charge on any atom is 0.320 e. The summed E-state index contributed by atoms with van der Waals surface area (Å²) in [5.41, 5.74) is 0.0441. The Bertz CT molecular complexity index is 653. The van der Waals surface area contributed by atoms with E-state index in [1.165, 1.54) is 0 Å². The van der Waals surface area contributed by atoms with E-state index in [2.05, 4.69) is 5.32 Å². The van der Waals surface area contributed by atoms with Crippen molar-refractivity contribution in [2.24, 2.45) is 5.92 Å². The molecule has 0 amide bonds. The zero-order valence-corrected chi connectivity index (χ0v) is 14.7. The molecule has 0 aromatic heterocycles. The molecule has 0 fully saturated rings. The first-order chi connectivity index (χ1) is 11.8. The zero-order chi connectivity index (χ0) is 18.6. The van der Waals surface area contributed by atoms with Crippen LogP contribution in [0.4, 0.5) is 0 Å². The first-order valence-electron chi connectivity index (χ1n) is 8.40. The van der Waals surface area contributed by atoms with Gasteiger partial charge in [-0.3, -0.25) is 9.59 Å². The van der Waals surface area contributed by atoms with Crippen molar-refractivity contribution in [3.8, 4) is 0 Å². The van der Waals surface area contributed by atoms with Gasteiger partial charge in [0.25, 0.3) is 0 Å². The standard InChI is InChI=1S/C19H25NO5/c1-4-15(22)20-14-10-11-19(3,24)17(18(23)25-12(2)21)16(14)13-8-6-5-7-9-13/h5-10,15-17,20,22,24H,4,11H2,1-3H3. The van der Waals surface area contributed by atoms with Crippen molar-refractivity contribution in [2.75, 3.05) is 0 Å². The highest BCUT2D eigenvalue weighted by Gasteiger charge is 2.48. The third-order valence-electron chi connectivity index (χ3n) is 4.45.